The van der Waals surface area contributed by atoms with Gasteiger partial charge in [-0.05, 0) is 25.2 Å². The molecule has 1 fully saturated rings. The fraction of sp³-hybridized carbons (Fsp3) is 0.750. The Morgan fingerprint density at radius 3 is 2.43 bits per heavy atom. The van der Waals surface area contributed by atoms with Gasteiger partial charge in [-0.2, -0.15) is 0 Å². The largest absolute Gasteiger partial charge is 0.480 e. The Balaban J connectivity index is 2.30. The number of carboxylic acid groups (broad SMARTS) is 2. The van der Waals surface area contributed by atoms with Gasteiger partial charge in [0, 0.05) is 0 Å². The molecule has 0 saturated heterocycles. The van der Waals surface area contributed by atoms with Crippen molar-refractivity contribution in [1.82, 2.24) is 0 Å². The van der Waals surface area contributed by atoms with Crippen LogP contribution in [0.4, 0.5) is 0 Å². The van der Waals surface area contributed by atoms with Gasteiger partial charge in [-0.1, -0.05) is 0 Å². The summed E-state index contributed by atoms with van der Waals surface area (Å²) in [5.41, 5.74) is 9.64. The van der Waals surface area contributed by atoms with E-state index in [1.807, 2.05) is 0 Å². The fourth-order valence-corrected chi connectivity index (χ4v) is 1.47. The van der Waals surface area contributed by atoms with Crippen molar-refractivity contribution in [3.63, 3.8) is 0 Å². The summed E-state index contributed by atoms with van der Waals surface area (Å²) in [6, 6.07) is -0.923. The molecule has 0 unspecified atom stereocenters. The second-order valence-corrected chi connectivity index (χ2v) is 3.77. The van der Waals surface area contributed by atoms with E-state index in [1.165, 1.54) is 0 Å². The first-order valence-electron chi connectivity index (χ1n) is 4.38. The maximum atomic E-state index is 10.6. The average molecular weight is 202 g/mol. The predicted octanol–water partition coefficient (Wildman–Crippen LogP) is -1.02. The summed E-state index contributed by atoms with van der Waals surface area (Å²) in [5.74, 6) is -2.22. The highest BCUT2D eigenvalue weighted by atomic mass is 16.4. The number of hydrogen-bond donors (Lipinski definition) is 4. The van der Waals surface area contributed by atoms with Gasteiger partial charge in [0.25, 0.3) is 0 Å². The molecule has 0 bridgehead atoms. The van der Waals surface area contributed by atoms with Gasteiger partial charge in [0.2, 0.25) is 0 Å². The Hall–Kier alpha value is -1.14. The van der Waals surface area contributed by atoms with Crippen LogP contribution in [0.25, 0.3) is 0 Å². The summed E-state index contributed by atoms with van der Waals surface area (Å²) >= 11 is 0. The summed E-state index contributed by atoms with van der Waals surface area (Å²) < 4.78 is 0. The van der Waals surface area contributed by atoms with Crippen LogP contribution in [-0.2, 0) is 9.59 Å². The maximum Gasteiger partial charge on any atom is 0.323 e. The first-order chi connectivity index (χ1) is 6.38. The van der Waals surface area contributed by atoms with Gasteiger partial charge in [0.05, 0.1) is 0 Å². The minimum Gasteiger partial charge on any atom is -0.480 e. The van der Waals surface area contributed by atoms with Gasteiger partial charge in [-0.3, -0.25) is 9.59 Å². The topological polar surface area (TPSA) is 127 Å². The normalized spacial score (nSPS) is 32.3. The van der Waals surface area contributed by atoms with Crippen LogP contribution >= 0.6 is 0 Å². The van der Waals surface area contributed by atoms with Crippen LogP contribution in [0.5, 0.6) is 0 Å². The highest BCUT2D eigenvalue weighted by Gasteiger charge is 2.56. The van der Waals surface area contributed by atoms with Gasteiger partial charge in [0.1, 0.15) is 11.6 Å². The molecule has 6 N–H and O–H groups in total. The molecule has 0 aromatic heterocycles. The SMILES string of the molecule is N[C@H](CC[C@H]1C[C@@]1(N)C(=O)O)C(=O)O. The lowest BCUT2D eigenvalue weighted by Crippen LogP contribution is -2.36. The second kappa shape index (κ2) is 3.55. The van der Waals surface area contributed by atoms with Gasteiger partial charge in [0.15, 0.2) is 0 Å². The Morgan fingerprint density at radius 1 is 1.50 bits per heavy atom. The maximum absolute atomic E-state index is 10.6. The number of aliphatic carboxylic acids is 2. The zero-order chi connectivity index (χ0) is 10.9. The van der Waals surface area contributed by atoms with E-state index in [-0.39, 0.29) is 12.3 Å². The van der Waals surface area contributed by atoms with Crippen LogP contribution in [-0.4, -0.2) is 33.7 Å². The smallest absolute Gasteiger partial charge is 0.323 e. The van der Waals surface area contributed by atoms with Crippen molar-refractivity contribution in [1.29, 1.82) is 0 Å². The minimum absolute atomic E-state index is 0.134. The predicted molar refractivity (Wildman–Crippen MR) is 47.5 cm³/mol. The molecular formula is C8H14N2O4. The van der Waals surface area contributed by atoms with Crippen LogP contribution in [0.3, 0.4) is 0 Å². The number of nitrogens with two attached hydrogens (primary N) is 2. The minimum atomic E-state index is -1.14. The van der Waals surface area contributed by atoms with Crippen LogP contribution in [0.1, 0.15) is 19.3 Å². The van der Waals surface area contributed by atoms with E-state index in [0.717, 1.165) is 0 Å². The molecular weight excluding hydrogens is 188 g/mol. The third kappa shape index (κ3) is 2.02. The molecule has 80 valence electrons. The molecule has 1 aliphatic rings. The van der Waals surface area contributed by atoms with E-state index in [2.05, 4.69) is 0 Å². The van der Waals surface area contributed by atoms with Crippen molar-refractivity contribution in [3.05, 3.63) is 0 Å². The molecule has 0 spiro atoms. The van der Waals surface area contributed by atoms with E-state index in [0.29, 0.717) is 12.8 Å². The van der Waals surface area contributed by atoms with Crippen LogP contribution in [0, 0.1) is 5.92 Å². The lowest BCUT2D eigenvalue weighted by molar-refractivity contribution is -0.140. The molecule has 3 atom stereocenters. The molecule has 0 amide bonds. The zero-order valence-electron chi connectivity index (χ0n) is 7.64. The van der Waals surface area contributed by atoms with Crippen molar-refractivity contribution in [3.8, 4) is 0 Å². The van der Waals surface area contributed by atoms with E-state index in [1.54, 1.807) is 0 Å². The first-order valence-corrected chi connectivity index (χ1v) is 4.38. The molecule has 0 heterocycles. The third-order valence-corrected chi connectivity index (χ3v) is 2.69. The lowest BCUT2D eigenvalue weighted by Gasteiger charge is -2.07. The Morgan fingerprint density at radius 2 is 2.07 bits per heavy atom. The van der Waals surface area contributed by atoms with Crippen LogP contribution < -0.4 is 11.5 Å². The number of rotatable bonds is 5. The van der Waals surface area contributed by atoms with Gasteiger partial charge >= 0.3 is 11.9 Å². The highest BCUT2D eigenvalue weighted by molar-refractivity contribution is 5.82. The Kier molecular flexibility index (Phi) is 2.77. The van der Waals surface area contributed by atoms with Crippen molar-refractivity contribution in [2.75, 3.05) is 0 Å². The van der Waals surface area contributed by atoms with Crippen LogP contribution in [0.15, 0.2) is 0 Å². The van der Waals surface area contributed by atoms with Crippen LogP contribution in [0.2, 0.25) is 0 Å². The molecule has 1 saturated carbocycles. The Bertz CT molecular complexity index is 268. The molecule has 0 aliphatic heterocycles. The number of hydrogen-bond acceptors (Lipinski definition) is 4. The lowest BCUT2D eigenvalue weighted by atomic mass is 10.1. The number of carboxylic acids is 2. The fourth-order valence-electron chi connectivity index (χ4n) is 1.47. The number of carbonyl (C=O) groups is 2. The first kappa shape index (κ1) is 10.9. The molecule has 14 heavy (non-hydrogen) atoms. The Labute approximate surface area is 80.9 Å². The monoisotopic (exact) mass is 202 g/mol. The zero-order valence-corrected chi connectivity index (χ0v) is 7.64. The van der Waals surface area contributed by atoms with Crippen molar-refractivity contribution >= 4 is 11.9 Å². The summed E-state index contributed by atoms with van der Waals surface area (Å²) in [6.07, 6.45) is 1.14. The summed E-state index contributed by atoms with van der Waals surface area (Å²) in [6.45, 7) is 0. The quantitative estimate of drug-likeness (QED) is 0.452. The van der Waals surface area contributed by atoms with E-state index >= 15 is 0 Å². The highest BCUT2D eigenvalue weighted by Crippen LogP contribution is 2.44. The molecule has 0 radical (unpaired) electrons. The molecule has 1 aliphatic carbocycles. The van der Waals surface area contributed by atoms with Crippen molar-refractivity contribution in [2.45, 2.75) is 30.8 Å². The molecule has 6 heteroatoms. The van der Waals surface area contributed by atoms with Gasteiger partial charge < -0.3 is 21.7 Å². The van der Waals surface area contributed by atoms with Crippen molar-refractivity contribution in [2.24, 2.45) is 17.4 Å². The third-order valence-electron chi connectivity index (χ3n) is 2.69. The molecule has 1 rings (SSSR count). The van der Waals surface area contributed by atoms with E-state index in [9.17, 15) is 9.59 Å². The second-order valence-electron chi connectivity index (χ2n) is 3.77. The molecule has 0 aromatic rings. The van der Waals surface area contributed by atoms with E-state index < -0.39 is 23.5 Å². The molecule has 6 nitrogen and oxygen atoms in total. The van der Waals surface area contributed by atoms with Gasteiger partial charge in [-0.15, -0.1) is 0 Å². The molecule has 0 aromatic carbocycles. The van der Waals surface area contributed by atoms with Crippen molar-refractivity contribution < 1.29 is 19.8 Å². The standard InChI is InChI=1S/C8H14N2O4/c9-5(6(11)12)2-1-4-3-8(4,10)7(13)14/h4-5H,1-3,9-10H2,(H,11,12)(H,13,14)/t4-,5+,8-/m0/s1. The summed E-state index contributed by atoms with van der Waals surface area (Å²) in [7, 11) is 0. The average Bonchev–Trinajstić information content (AvgIpc) is 2.74. The summed E-state index contributed by atoms with van der Waals surface area (Å²) in [4.78, 5) is 21.0. The van der Waals surface area contributed by atoms with Gasteiger partial charge in [-0.25, -0.2) is 0 Å². The van der Waals surface area contributed by atoms with E-state index in [4.69, 9.17) is 21.7 Å². The summed E-state index contributed by atoms with van der Waals surface area (Å²) in [5, 5.41) is 17.2.